The molecule has 5 nitrogen and oxygen atoms in total. The highest BCUT2D eigenvalue weighted by molar-refractivity contribution is 9.10. The Bertz CT molecular complexity index is 578. The lowest BCUT2D eigenvalue weighted by Gasteiger charge is -2.21. The Morgan fingerprint density at radius 3 is 2.71 bits per heavy atom. The van der Waals surface area contributed by atoms with Gasteiger partial charge in [-0.1, -0.05) is 6.92 Å². The molecule has 0 fully saturated rings. The first-order chi connectivity index (χ1) is 10.2. The van der Waals surface area contributed by atoms with Crippen molar-refractivity contribution in [3.63, 3.8) is 0 Å². The second-order valence-corrected chi connectivity index (χ2v) is 5.77. The molecule has 0 radical (unpaired) electrons. The number of nitrogens with one attached hydrogen (secondary N) is 1. The Labute approximate surface area is 137 Å². The first kappa shape index (κ1) is 16.2. The van der Waals surface area contributed by atoms with Crippen LogP contribution in [0.15, 0.2) is 22.8 Å². The third-order valence-corrected chi connectivity index (χ3v) is 4.34. The minimum atomic E-state index is -0.0548. The van der Waals surface area contributed by atoms with E-state index < -0.39 is 0 Å². The summed E-state index contributed by atoms with van der Waals surface area (Å²) in [5, 5.41) is 3.49. The van der Waals surface area contributed by atoms with Gasteiger partial charge in [0.15, 0.2) is 0 Å². The molecule has 0 aliphatic carbocycles. The van der Waals surface area contributed by atoms with Gasteiger partial charge in [0.2, 0.25) is 0 Å². The molecule has 21 heavy (non-hydrogen) atoms. The number of ether oxygens (including phenoxy) is 2. The van der Waals surface area contributed by atoms with Crippen LogP contribution in [0.4, 0.5) is 0 Å². The van der Waals surface area contributed by atoms with E-state index in [1.807, 2.05) is 12.1 Å². The number of nitrogens with zero attached hydrogens (tertiary/aromatic N) is 2. The maximum absolute atomic E-state index is 5.57. The summed E-state index contributed by atoms with van der Waals surface area (Å²) in [6, 6.07) is 3.86. The minimum Gasteiger partial charge on any atom is -0.495 e. The van der Waals surface area contributed by atoms with Crippen LogP contribution in [0.5, 0.6) is 11.5 Å². The molecule has 0 aliphatic rings. The summed E-state index contributed by atoms with van der Waals surface area (Å²) in [7, 11) is 3.29. The van der Waals surface area contributed by atoms with E-state index in [4.69, 9.17) is 9.47 Å². The molecular weight excluding hydrogens is 354 g/mol. The topological polar surface area (TPSA) is 56.3 Å². The van der Waals surface area contributed by atoms with Gasteiger partial charge < -0.3 is 14.8 Å². The molecule has 1 heterocycles. The highest BCUT2D eigenvalue weighted by Gasteiger charge is 2.23. The molecule has 0 bridgehead atoms. The number of benzene rings is 1. The molecule has 2 aromatic rings. The zero-order valence-corrected chi connectivity index (χ0v) is 14.6. The maximum Gasteiger partial charge on any atom is 0.141 e. The molecule has 1 aromatic heterocycles. The number of hydrogen-bond acceptors (Lipinski definition) is 6. The second-order valence-electron chi connectivity index (χ2n) is 4.42. The predicted octanol–water partition coefficient (Wildman–Crippen LogP) is 3.41. The maximum atomic E-state index is 5.57. The Morgan fingerprint density at radius 1 is 1.33 bits per heavy atom. The van der Waals surface area contributed by atoms with Crippen molar-refractivity contribution in [1.82, 2.24) is 14.1 Å². The summed E-state index contributed by atoms with van der Waals surface area (Å²) in [6.45, 7) is 3.01. The van der Waals surface area contributed by atoms with Gasteiger partial charge in [0.05, 0.1) is 43.9 Å². The first-order valence-corrected chi connectivity index (χ1v) is 8.16. The third kappa shape index (κ3) is 3.53. The lowest BCUT2D eigenvalue weighted by molar-refractivity contribution is 0.382. The van der Waals surface area contributed by atoms with Gasteiger partial charge in [-0.2, -0.15) is 8.75 Å². The quantitative estimate of drug-likeness (QED) is 0.807. The Kier molecular flexibility index (Phi) is 5.96. The van der Waals surface area contributed by atoms with E-state index in [0.29, 0.717) is 0 Å². The number of aromatic nitrogens is 2. The highest BCUT2D eigenvalue weighted by atomic mass is 79.9. The largest absolute Gasteiger partial charge is 0.495 e. The average Bonchev–Trinajstić information content (AvgIpc) is 3.02. The SMILES string of the molecule is CCCNC(c1cnsn1)c1ccc(OC)c(Br)c1OC. The van der Waals surface area contributed by atoms with Gasteiger partial charge in [-0.3, -0.25) is 0 Å². The number of methoxy groups -OCH3 is 2. The van der Waals surface area contributed by atoms with Gasteiger partial charge in [0.1, 0.15) is 16.0 Å². The second kappa shape index (κ2) is 7.72. The molecule has 1 unspecified atom stereocenters. The molecule has 1 atom stereocenters. The van der Waals surface area contributed by atoms with Crippen LogP contribution in [0.25, 0.3) is 0 Å². The Morgan fingerprint density at radius 2 is 2.14 bits per heavy atom. The normalized spacial score (nSPS) is 12.2. The summed E-state index contributed by atoms with van der Waals surface area (Å²) < 4.78 is 20.2. The average molecular weight is 372 g/mol. The Balaban J connectivity index is 2.46. The van der Waals surface area contributed by atoms with Gasteiger partial charge in [-0.15, -0.1) is 0 Å². The van der Waals surface area contributed by atoms with Crippen LogP contribution in [0, 0.1) is 0 Å². The zero-order chi connectivity index (χ0) is 15.2. The monoisotopic (exact) mass is 371 g/mol. The third-order valence-electron chi connectivity index (χ3n) is 3.10. The van der Waals surface area contributed by atoms with E-state index in [-0.39, 0.29) is 6.04 Å². The molecule has 0 saturated heterocycles. The minimum absolute atomic E-state index is 0.0548. The van der Waals surface area contributed by atoms with E-state index in [0.717, 1.165) is 40.2 Å². The lowest BCUT2D eigenvalue weighted by Crippen LogP contribution is -2.24. The van der Waals surface area contributed by atoms with Crippen molar-refractivity contribution in [2.24, 2.45) is 0 Å². The summed E-state index contributed by atoms with van der Waals surface area (Å²) >= 11 is 4.75. The molecule has 114 valence electrons. The van der Waals surface area contributed by atoms with Crippen molar-refractivity contribution in [2.45, 2.75) is 19.4 Å². The van der Waals surface area contributed by atoms with Crippen LogP contribution >= 0.6 is 27.7 Å². The molecule has 0 saturated carbocycles. The predicted molar refractivity (Wildman–Crippen MR) is 87.3 cm³/mol. The van der Waals surface area contributed by atoms with Crippen molar-refractivity contribution in [3.05, 3.63) is 34.1 Å². The van der Waals surface area contributed by atoms with E-state index in [2.05, 4.69) is 36.9 Å². The Hall–Kier alpha value is -1.18. The molecule has 0 amide bonds. The van der Waals surface area contributed by atoms with Gasteiger partial charge in [-0.05, 0) is 41.0 Å². The fourth-order valence-corrected chi connectivity index (χ4v) is 3.24. The molecule has 0 aliphatic heterocycles. The zero-order valence-electron chi connectivity index (χ0n) is 12.2. The summed E-state index contributed by atoms with van der Waals surface area (Å²) in [5.41, 5.74) is 1.90. The molecule has 2 rings (SSSR count). The summed E-state index contributed by atoms with van der Waals surface area (Å²) in [4.78, 5) is 0. The summed E-state index contributed by atoms with van der Waals surface area (Å²) in [5.74, 6) is 1.48. The highest BCUT2D eigenvalue weighted by Crippen LogP contribution is 2.40. The van der Waals surface area contributed by atoms with Gasteiger partial charge in [0, 0.05) is 5.56 Å². The van der Waals surface area contributed by atoms with Crippen LogP contribution in [-0.4, -0.2) is 29.5 Å². The standard InChI is InChI=1S/C14H18BrN3O2S/c1-4-7-16-13(10-8-17-21-18-10)9-5-6-11(19-2)12(15)14(9)20-3/h5-6,8,13,16H,4,7H2,1-3H3. The molecule has 0 spiro atoms. The van der Waals surface area contributed by atoms with E-state index >= 15 is 0 Å². The lowest BCUT2D eigenvalue weighted by atomic mass is 10.0. The fourth-order valence-electron chi connectivity index (χ4n) is 2.11. The molecule has 1 aromatic carbocycles. The van der Waals surface area contributed by atoms with Crippen LogP contribution in [0.2, 0.25) is 0 Å². The van der Waals surface area contributed by atoms with E-state index in [9.17, 15) is 0 Å². The molecule has 7 heteroatoms. The van der Waals surface area contributed by atoms with Crippen molar-refractivity contribution < 1.29 is 9.47 Å². The van der Waals surface area contributed by atoms with Crippen molar-refractivity contribution in [3.8, 4) is 11.5 Å². The van der Waals surface area contributed by atoms with Crippen molar-refractivity contribution >= 4 is 27.7 Å². The fraction of sp³-hybridized carbons (Fsp3) is 0.429. The summed E-state index contributed by atoms with van der Waals surface area (Å²) in [6.07, 6.45) is 2.82. The van der Waals surface area contributed by atoms with Crippen molar-refractivity contribution in [1.29, 1.82) is 0 Å². The van der Waals surface area contributed by atoms with Gasteiger partial charge >= 0.3 is 0 Å². The van der Waals surface area contributed by atoms with Crippen molar-refractivity contribution in [2.75, 3.05) is 20.8 Å². The van der Waals surface area contributed by atoms with Crippen LogP contribution in [-0.2, 0) is 0 Å². The smallest absolute Gasteiger partial charge is 0.141 e. The number of rotatable bonds is 7. The van der Waals surface area contributed by atoms with Gasteiger partial charge in [0.25, 0.3) is 0 Å². The van der Waals surface area contributed by atoms with Gasteiger partial charge in [-0.25, -0.2) is 0 Å². The first-order valence-electron chi connectivity index (χ1n) is 6.64. The van der Waals surface area contributed by atoms with E-state index in [1.165, 1.54) is 11.7 Å². The number of halogens is 1. The van der Waals surface area contributed by atoms with Crippen LogP contribution < -0.4 is 14.8 Å². The molecule has 1 N–H and O–H groups in total. The van der Waals surface area contributed by atoms with Crippen LogP contribution in [0.1, 0.15) is 30.6 Å². The molecular formula is C14H18BrN3O2S. The van der Waals surface area contributed by atoms with Crippen LogP contribution in [0.3, 0.4) is 0 Å². The van der Waals surface area contributed by atoms with E-state index in [1.54, 1.807) is 20.4 Å². The number of hydrogen-bond donors (Lipinski definition) is 1.